The third-order valence-corrected chi connectivity index (χ3v) is 8.51. The number of hydrogen-bond donors (Lipinski definition) is 0. The zero-order valence-corrected chi connectivity index (χ0v) is 29.4. The second-order valence-corrected chi connectivity index (χ2v) is 12.3. The number of unbranched alkanes of at least 4 members (excludes halogenated alkanes) is 3. The van der Waals surface area contributed by atoms with Crippen LogP contribution in [0.5, 0.6) is 23.0 Å². The minimum atomic E-state index is -0.331. The number of nitrogens with zero attached hydrogens (tertiary/aromatic N) is 1. The van der Waals surface area contributed by atoms with Crippen LogP contribution in [0.1, 0.15) is 41.6 Å². The first-order valence-corrected chi connectivity index (χ1v) is 17.8. The molecule has 0 aliphatic carbocycles. The van der Waals surface area contributed by atoms with Gasteiger partial charge in [0.2, 0.25) is 0 Å². The van der Waals surface area contributed by atoms with Crippen molar-refractivity contribution in [1.29, 1.82) is 0 Å². The number of imide groups is 1. The molecular formula is C45H41NO7. The number of carbonyl (C=O) groups is 3. The van der Waals surface area contributed by atoms with E-state index in [0.717, 1.165) is 64.5 Å². The van der Waals surface area contributed by atoms with Crippen molar-refractivity contribution in [1.82, 2.24) is 0 Å². The lowest BCUT2D eigenvalue weighted by atomic mass is 10.1. The Bertz CT molecular complexity index is 1980. The van der Waals surface area contributed by atoms with E-state index in [1.807, 2.05) is 78.9 Å². The molecule has 0 radical (unpaired) electrons. The number of hydrogen-bond acceptors (Lipinski definition) is 7. The summed E-state index contributed by atoms with van der Waals surface area (Å²) >= 11 is 0. The number of anilines is 1. The van der Waals surface area contributed by atoms with Crippen LogP contribution < -0.4 is 23.8 Å². The molecule has 0 unspecified atom stereocenters. The van der Waals surface area contributed by atoms with Gasteiger partial charge in [0.1, 0.15) is 36.2 Å². The molecule has 5 aromatic rings. The fourth-order valence-corrected chi connectivity index (χ4v) is 5.64. The van der Waals surface area contributed by atoms with Gasteiger partial charge < -0.3 is 18.9 Å². The van der Waals surface area contributed by atoms with Crippen LogP contribution in [-0.4, -0.2) is 44.0 Å². The zero-order chi connectivity index (χ0) is 36.7. The van der Waals surface area contributed by atoms with Gasteiger partial charge in [0.25, 0.3) is 11.8 Å². The van der Waals surface area contributed by atoms with Crippen LogP contribution in [0.3, 0.4) is 0 Å². The van der Waals surface area contributed by atoms with Gasteiger partial charge in [-0.3, -0.25) is 14.4 Å². The molecular weight excluding hydrogens is 666 g/mol. The van der Waals surface area contributed by atoms with E-state index in [1.165, 1.54) is 12.2 Å². The Labute approximate surface area is 309 Å². The molecule has 0 aromatic heterocycles. The summed E-state index contributed by atoms with van der Waals surface area (Å²) in [4.78, 5) is 37.0. The molecule has 0 atom stereocenters. The molecule has 2 amide bonds. The number of benzene rings is 5. The molecule has 6 rings (SSSR count). The molecule has 8 heteroatoms. The SMILES string of the molecule is O=C(C=Cc1ccc(OCCOc2ccc(-c3ccc(OCCCCCCOc4ccc(N5C(=O)C=CC5=O)cc4)cc3)cc2)cc1)c1ccccc1. The van der Waals surface area contributed by atoms with E-state index >= 15 is 0 Å². The fourth-order valence-electron chi connectivity index (χ4n) is 5.64. The molecule has 1 heterocycles. The number of carbonyl (C=O) groups excluding carboxylic acids is 3. The van der Waals surface area contributed by atoms with Crippen molar-refractivity contribution in [3.63, 3.8) is 0 Å². The summed E-state index contributed by atoms with van der Waals surface area (Å²) in [6, 6.07) is 39.9. The third kappa shape index (κ3) is 10.8. The number of allylic oxidation sites excluding steroid dienone is 1. The van der Waals surface area contributed by atoms with E-state index in [2.05, 4.69) is 12.1 Å². The molecule has 0 bridgehead atoms. The standard InChI is InChI=1S/C45H41NO7/c47-43(37-8-4-3-5-9-37)27-12-34-10-19-39(20-11-34)52-32-33-53-41-23-15-36(16-24-41)35-13-21-40(22-14-35)50-30-6-1-2-7-31-51-42-25-17-38(18-26-42)46-44(48)28-29-45(46)49/h3-5,8-29H,1-2,6-7,30-33H2. The Morgan fingerprint density at radius 3 is 1.42 bits per heavy atom. The molecule has 1 aliphatic rings. The number of amides is 2. The summed E-state index contributed by atoms with van der Waals surface area (Å²) < 4.78 is 23.5. The smallest absolute Gasteiger partial charge is 0.258 e. The van der Waals surface area contributed by atoms with Crippen molar-refractivity contribution in [3.8, 4) is 34.1 Å². The van der Waals surface area contributed by atoms with Crippen molar-refractivity contribution in [2.75, 3.05) is 31.3 Å². The Hall–Kier alpha value is -6.41. The van der Waals surface area contributed by atoms with Crippen LogP contribution >= 0.6 is 0 Å². The van der Waals surface area contributed by atoms with E-state index in [0.29, 0.717) is 43.4 Å². The number of ether oxygens (including phenoxy) is 4. The maximum absolute atomic E-state index is 12.3. The van der Waals surface area contributed by atoms with Gasteiger partial charge in [-0.1, -0.05) is 72.8 Å². The van der Waals surface area contributed by atoms with E-state index in [9.17, 15) is 14.4 Å². The lowest BCUT2D eigenvalue weighted by molar-refractivity contribution is -0.120. The highest BCUT2D eigenvalue weighted by Gasteiger charge is 2.24. The lowest BCUT2D eigenvalue weighted by Crippen LogP contribution is -2.29. The molecule has 1 aliphatic heterocycles. The van der Waals surface area contributed by atoms with E-state index in [1.54, 1.807) is 48.6 Å². The van der Waals surface area contributed by atoms with Gasteiger partial charge in [-0.05, 0) is 109 Å². The van der Waals surface area contributed by atoms with Crippen LogP contribution in [0.2, 0.25) is 0 Å². The van der Waals surface area contributed by atoms with Crippen LogP contribution in [-0.2, 0) is 9.59 Å². The monoisotopic (exact) mass is 707 g/mol. The minimum absolute atomic E-state index is 0.0300. The molecule has 8 nitrogen and oxygen atoms in total. The Balaban J connectivity index is 0.817. The molecule has 5 aromatic carbocycles. The topological polar surface area (TPSA) is 91.4 Å². The predicted octanol–water partition coefficient (Wildman–Crippen LogP) is 9.16. The first-order valence-electron chi connectivity index (χ1n) is 17.8. The van der Waals surface area contributed by atoms with Crippen molar-refractivity contribution in [3.05, 3.63) is 157 Å². The number of ketones is 1. The van der Waals surface area contributed by atoms with Crippen molar-refractivity contribution in [2.45, 2.75) is 25.7 Å². The summed E-state index contributed by atoms with van der Waals surface area (Å²) in [5.74, 6) is 2.37. The fraction of sp³-hybridized carbons (Fsp3) is 0.178. The predicted molar refractivity (Wildman–Crippen MR) is 207 cm³/mol. The summed E-state index contributed by atoms with van der Waals surface area (Å²) in [5.41, 5.74) is 4.31. The minimum Gasteiger partial charge on any atom is -0.494 e. The average Bonchev–Trinajstić information content (AvgIpc) is 3.55. The summed E-state index contributed by atoms with van der Waals surface area (Å²) in [6.45, 7) is 2.07. The van der Waals surface area contributed by atoms with Crippen LogP contribution in [0, 0.1) is 0 Å². The molecule has 0 saturated carbocycles. The summed E-state index contributed by atoms with van der Waals surface area (Å²) in [6.07, 6.45) is 9.87. The normalized spacial score (nSPS) is 12.3. The van der Waals surface area contributed by atoms with Gasteiger partial charge in [0.05, 0.1) is 18.9 Å². The first kappa shape index (κ1) is 36.4. The second kappa shape index (κ2) is 18.7. The molecule has 0 fully saturated rings. The maximum Gasteiger partial charge on any atom is 0.258 e. The van der Waals surface area contributed by atoms with Gasteiger partial charge in [0, 0.05) is 17.7 Å². The second-order valence-electron chi connectivity index (χ2n) is 12.3. The van der Waals surface area contributed by atoms with Gasteiger partial charge in [0.15, 0.2) is 5.78 Å². The van der Waals surface area contributed by atoms with Gasteiger partial charge in [-0.25, -0.2) is 4.90 Å². The Kier molecular flexibility index (Phi) is 12.8. The van der Waals surface area contributed by atoms with E-state index in [-0.39, 0.29) is 17.6 Å². The third-order valence-electron chi connectivity index (χ3n) is 8.51. The maximum atomic E-state index is 12.3. The first-order chi connectivity index (χ1) is 26.0. The Morgan fingerprint density at radius 1 is 0.491 bits per heavy atom. The molecule has 0 spiro atoms. The zero-order valence-electron chi connectivity index (χ0n) is 29.4. The van der Waals surface area contributed by atoms with Gasteiger partial charge in [-0.15, -0.1) is 0 Å². The summed E-state index contributed by atoms with van der Waals surface area (Å²) in [5, 5.41) is 0. The lowest BCUT2D eigenvalue weighted by Gasteiger charge is -2.14. The van der Waals surface area contributed by atoms with E-state index < -0.39 is 0 Å². The van der Waals surface area contributed by atoms with Crippen molar-refractivity contribution in [2.24, 2.45) is 0 Å². The van der Waals surface area contributed by atoms with Crippen LogP contribution in [0.4, 0.5) is 5.69 Å². The highest BCUT2D eigenvalue weighted by Crippen LogP contribution is 2.26. The largest absolute Gasteiger partial charge is 0.494 e. The van der Waals surface area contributed by atoms with Crippen LogP contribution in [0.15, 0.2) is 146 Å². The molecule has 53 heavy (non-hydrogen) atoms. The molecule has 0 saturated heterocycles. The van der Waals surface area contributed by atoms with Crippen molar-refractivity contribution < 1.29 is 33.3 Å². The average molecular weight is 708 g/mol. The highest BCUT2D eigenvalue weighted by atomic mass is 16.5. The quantitative estimate of drug-likeness (QED) is 0.0366. The van der Waals surface area contributed by atoms with Crippen molar-refractivity contribution >= 4 is 29.4 Å². The Morgan fingerprint density at radius 2 is 0.925 bits per heavy atom. The molecule has 268 valence electrons. The number of rotatable bonds is 19. The molecule has 0 N–H and O–H groups in total. The summed E-state index contributed by atoms with van der Waals surface area (Å²) in [7, 11) is 0. The van der Waals surface area contributed by atoms with Gasteiger partial charge in [-0.2, -0.15) is 0 Å². The highest BCUT2D eigenvalue weighted by molar-refractivity contribution is 6.28. The van der Waals surface area contributed by atoms with Gasteiger partial charge >= 0.3 is 0 Å². The van der Waals surface area contributed by atoms with E-state index in [4.69, 9.17) is 18.9 Å². The van der Waals surface area contributed by atoms with Crippen LogP contribution in [0.25, 0.3) is 17.2 Å².